The Morgan fingerprint density at radius 3 is 2.46 bits per heavy atom. The van der Waals surface area contributed by atoms with Crippen molar-refractivity contribution in [3.63, 3.8) is 0 Å². The van der Waals surface area contributed by atoms with E-state index >= 15 is 8.78 Å². The second kappa shape index (κ2) is 16.4. The van der Waals surface area contributed by atoms with Crippen LogP contribution in [0.15, 0.2) is 78.1 Å². The monoisotopic (exact) mass is 762 g/mol. The largest absolute Gasteiger partial charge is 0.469 e. The summed E-state index contributed by atoms with van der Waals surface area (Å²) < 4.78 is 77.4. The molecule has 2 heterocycles. The number of halogens is 2. The average molecular weight is 763 g/mol. The van der Waals surface area contributed by atoms with E-state index in [0.29, 0.717) is 47.8 Å². The molecule has 5 rings (SSSR count). The summed E-state index contributed by atoms with van der Waals surface area (Å²) in [7, 11) is -1.24. The van der Waals surface area contributed by atoms with E-state index in [0.717, 1.165) is 18.2 Å². The minimum absolute atomic E-state index is 0.00633. The molecule has 3 aromatic carbocycles. The van der Waals surface area contributed by atoms with E-state index in [-0.39, 0.29) is 41.1 Å². The fourth-order valence-corrected chi connectivity index (χ4v) is 8.62. The molecule has 0 fully saturated rings. The van der Waals surface area contributed by atoms with Gasteiger partial charge in [0, 0.05) is 40.6 Å². The zero-order chi connectivity index (χ0) is 39.3. The molecule has 0 aliphatic carbocycles. The van der Waals surface area contributed by atoms with Gasteiger partial charge >= 0.3 is 11.9 Å². The van der Waals surface area contributed by atoms with Crippen LogP contribution >= 0.6 is 0 Å². The van der Waals surface area contributed by atoms with Gasteiger partial charge in [0.15, 0.2) is 21.4 Å². The Morgan fingerprint density at radius 2 is 1.74 bits per heavy atom. The average Bonchev–Trinajstić information content (AvgIpc) is 3.81. The number of sulfone groups is 1. The van der Waals surface area contributed by atoms with Crippen molar-refractivity contribution in [2.45, 2.75) is 58.3 Å². The van der Waals surface area contributed by atoms with Crippen molar-refractivity contribution in [1.29, 1.82) is 0 Å². The topological polar surface area (TPSA) is 138 Å². The number of esters is 2. The number of oxazole rings is 1. The van der Waals surface area contributed by atoms with Gasteiger partial charge in [0.2, 0.25) is 5.89 Å². The molecule has 1 atom stereocenters. The van der Waals surface area contributed by atoms with Gasteiger partial charge in [-0.3, -0.25) is 9.59 Å². The van der Waals surface area contributed by atoms with Gasteiger partial charge in [-0.05, 0) is 67.0 Å². The van der Waals surface area contributed by atoms with Crippen molar-refractivity contribution >= 4 is 38.8 Å². The first-order valence-corrected chi connectivity index (χ1v) is 19.2. The van der Waals surface area contributed by atoms with Crippen LogP contribution < -0.4 is 4.74 Å². The Morgan fingerprint density at radius 1 is 0.981 bits per heavy atom. The first kappa shape index (κ1) is 39.9. The molecule has 286 valence electrons. The number of hydrogen-bond acceptors (Lipinski definition) is 9. The Labute approximate surface area is 313 Å². The summed E-state index contributed by atoms with van der Waals surface area (Å²) in [6.07, 6.45) is 6.79. The summed E-state index contributed by atoms with van der Waals surface area (Å²) in [6, 6.07) is 14.8. The second-order valence-corrected chi connectivity index (χ2v) is 16.3. The molecule has 1 unspecified atom stereocenters. The van der Waals surface area contributed by atoms with Crippen LogP contribution in [-0.4, -0.2) is 56.0 Å². The summed E-state index contributed by atoms with van der Waals surface area (Å²) in [5.74, 6) is -3.26. The molecule has 0 amide bonds. The zero-order valence-corrected chi connectivity index (χ0v) is 31.8. The minimum Gasteiger partial charge on any atom is -0.469 e. The van der Waals surface area contributed by atoms with Crippen LogP contribution in [0.4, 0.5) is 8.78 Å². The van der Waals surface area contributed by atoms with Gasteiger partial charge in [0.05, 0.1) is 31.2 Å². The van der Waals surface area contributed by atoms with Crippen LogP contribution in [0.5, 0.6) is 11.5 Å². The summed E-state index contributed by atoms with van der Waals surface area (Å²) in [5, 5.41) is 0.709. The Balaban J connectivity index is 1.46. The number of aromatic nitrogens is 2. The molecule has 54 heavy (non-hydrogen) atoms. The number of H-pyrrole nitrogens is 1. The molecule has 10 nitrogen and oxygen atoms in total. The summed E-state index contributed by atoms with van der Waals surface area (Å²) in [4.78, 5) is 31.4. The Hall–Kier alpha value is -5.30. The number of fused-ring (bicyclic) bond motifs is 1. The third kappa shape index (κ3) is 9.25. The molecular weight excluding hydrogens is 719 g/mol. The fourth-order valence-electron chi connectivity index (χ4n) is 6.70. The van der Waals surface area contributed by atoms with Gasteiger partial charge in [-0.1, -0.05) is 57.2 Å². The van der Waals surface area contributed by atoms with Crippen molar-refractivity contribution in [2.75, 3.05) is 25.7 Å². The number of nitrogens with one attached hydrogen (secondary N) is 1. The number of carbonyl (C=O) groups excluding carboxylic acids is 2. The first-order valence-electron chi connectivity index (χ1n) is 17.4. The first-order chi connectivity index (χ1) is 25.6. The Bertz CT molecular complexity index is 2280. The van der Waals surface area contributed by atoms with Gasteiger partial charge in [0.1, 0.15) is 23.6 Å². The number of benzene rings is 3. The smallest absolute Gasteiger partial charge is 0.320 e. The van der Waals surface area contributed by atoms with Crippen LogP contribution in [0.3, 0.4) is 0 Å². The zero-order valence-electron chi connectivity index (χ0n) is 31.0. The number of ether oxygens (including phenoxy) is 3. The fraction of sp³-hybridized carbons (Fsp3) is 0.341. The van der Waals surface area contributed by atoms with Gasteiger partial charge in [-0.15, -0.1) is 0 Å². The van der Waals surface area contributed by atoms with Crippen LogP contribution in [0, 0.1) is 17.0 Å². The number of rotatable bonds is 17. The molecule has 0 saturated carbocycles. The highest BCUT2D eigenvalue weighted by atomic mass is 32.2. The van der Waals surface area contributed by atoms with Crippen molar-refractivity contribution in [3.8, 4) is 23.0 Å². The molecule has 0 bridgehead atoms. The number of aryl methyl sites for hydroxylation is 1. The van der Waals surface area contributed by atoms with Crippen LogP contribution in [0.1, 0.15) is 68.8 Å². The van der Waals surface area contributed by atoms with Crippen molar-refractivity contribution in [2.24, 2.45) is 5.41 Å². The maximum absolute atomic E-state index is 15.5. The second-order valence-electron chi connectivity index (χ2n) is 14.3. The molecule has 0 saturated heterocycles. The van der Waals surface area contributed by atoms with E-state index < -0.39 is 44.0 Å². The summed E-state index contributed by atoms with van der Waals surface area (Å²) >= 11 is 0. The lowest BCUT2D eigenvalue weighted by Gasteiger charge is -2.31. The number of carbonyl (C=O) groups is 2. The van der Waals surface area contributed by atoms with Crippen LogP contribution in [0.25, 0.3) is 28.4 Å². The van der Waals surface area contributed by atoms with E-state index in [1.54, 1.807) is 12.3 Å². The van der Waals surface area contributed by atoms with E-state index in [4.69, 9.17) is 18.9 Å². The highest BCUT2D eigenvalue weighted by Gasteiger charge is 2.35. The number of aromatic amines is 1. The highest BCUT2D eigenvalue weighted by molar-refractivity contribution is 7.92. The lowest BCUT2D eigenvalue weighted by Crippen LogP contribution is -2.30. The van der Waals surface area contributed by atoms with E-state index in [9.17, 15) is 18.0 Å². The number of nitrogens with zero attached hydrogens (tertiary/aromatic N) is 1. The molecule has 5 aromatic rings. The Kier molecular flexibility index (Phi) is 12.1. The van der Waals surface area contributed by atoms with Crippen molar-refractivity contribution < 1.29 is 45.4 Å². The van der Waals surface area contributed by atoms with Gasteiger partial charge in [-0.25, -0.2) is 22.2 Å². The lowest BCUT2D eigenvalue weighted by atomic mass is 9.74. The SMILES string of the molecule is C=Cc1c(Oc2ccc(F)c(-c3nc(C(C)(CCCC(C)(C)CS(=O)(=O)CC(=O)OC)c4cccc(CCC(=O)OC)c4)co3)c2)c(F)cc2[nH]ccc12. The minimum atomic E-state index is -3.72. The molecule has 0 aliphatic rings. The van der Waals surface area contributed by atoms with Crippen LogP contribution in [-0.2, 0) is 40.7 Å². The van der Waals surface area contributed by atoms with E-state index in [2.05, 4.69) is 16.3 Å². The van der Waals surface area contributed by atoms with Gasteiger partial charge in [0.25, 0.3) is 0 Å². The molecule has 0 spiro atoms. The van der Waals surface area contributed by atoms with Crippen molar-refractivity contribution in [3.05, 3.63) is 108 Å². The number of hydrogen-bond donors (Lipinski definition) is 1. The van der Waals surface area contributed by atoms with Crippen molar-refractivity contribution in [1.82, 2.24) is 9.97 Å². The maximum atomic E-state index is 15.5. The third-order valence-corrected chi connectivity index (χ3v) is 11.5. The van der Waals surface area contributed by atoms with Gasteiger partial charge < -0.3 is 23.6 Å². The molecule has 13 heteroatoms. The highest BCUT2D eigenvalue weighted by Crippen LogP contribution is 2.41. The molecular formula is C41H44F2N2O8S. The standard InChI is InChI=1S/C41H44F2N2O8S/c1-7-29-30-16-19-44-34(30)22-33(43)38(29)53-28-13-14-32(42)31(21-28)39-45-35(23-52-39)41(4,27-11-8-10-26(20-27)12-15-36(46)50-5)18-9-17-40(2,3)25-54(48,49)24-37(47)51-6/h7-8,10-11,13-14,16,19-23,44H,1,9,12,15,17-18,24-25H2,2-6H3. The molecule has 2 aromatic heterocycles. The number of methoxy groups -OCH3 is 2. The molecule has 0 radical (unpaired) electrons. The van der Waals surface area contributed by atoms with E-state index in [1.807, 2.05) is 45.0 Å². The predicted molar refractivity (Wildman–Crippen MR) is 202 cm³/mol. The summed E-state index contributed by atoms with van der Waals surface area (Å²) in [6.45, 7) is 9.45. The van der Waals surface area contributed by atoms with Gasteiger partial charge in [-0.2, -0.15) is 0 Å². The predicted octanol–water partition coefficient (Wildman–Crippen LogP) is 8.73. The third-order valence-electron chi connectivity index (χ3n) is 9.58. The summed E-state index contributed by atoms with van der Waals surface area (Å²) in [5.41, 5.74) is 1.74. The van der Waals surface area contributed by atoms with E-state index in [1.165, 1.54) is 43.7 Å². The quantitative estimate of drug-likeness (QED) is 0.0922. The maximum Gasteiger partial charge on any atom is 0.320 e. The normalized spacial score (nSPS) is 13.0. The molecule has 1 N–H and O–H groups in total. The lowest BCUT2D eigenvalue weighted by molar-refractivity contribution is -0.140. The van der Waals surface area contributed by atoms with Crippen LogP contribution in [0.2, 0.25) is 0 Å². The molecule has 0 aliphatic heterocycles.